The Kier molecular flexibility index (Phi) is 6.91. The first-order valence-electron chi connectivity index (χ1n) is 18.4. The smallest absolute Gasteiger partial charge is 0.252 e. The monoisotopic (exact) mass is 620 g/mol. The molecule has 4 aliphatic rings. The van der Waals surface area contributed by atoms with E-state index in [0.717, 1.165) is 5.92 Å². The van der Waals surface area contributed by atoms with E-state index in [9.17, 15) is 0 Å². The van der Waals surface area contributed by atoms with Crippen molar-refractivity contribution in [2.75, 3.05) is 9.80 Å². The van der Waals surface area contributed by atoms with Crippen LogP contribution in [-0.2, 0) is 0 Å². The minimum absolute atomic E-state index is 0.194. The van der Waals surface area contributed by atoms with Crippen LogP contribution in [-0.4, -0.2) is 12.8 Å². The van der Waals surface area contributed by atoms with Crippen LogP contribution in [0.4, 0.5) is 28.4 Å². The molecule has 2 fully saturated rings. The summed E-state index contributed by atoms with van der Waals surface area (Å²) in [4.78, 5) is 5.47. The summed E-state index contributed by atoms with van der Waals surface area (Å²) in [6.45, 7) is 24.2. The number of fused-ring (bicyclic) bond motifs is 6. The van der Waals surface area contributed by atoms with E-state index in [0.29, 0.717) is 29.2 Å². The second kappa shape index (κ2) is 10.5. The van der Waals surface area contributed by atoms with Gasteiger partial charge >= 0.3 is 0 Å². The number of aryl methyl sites for hydroxylation is 1. The van der Waals surface area contributed by atoms with Crippen LogP contribution in [0, 0.1) is 23.7 Å². The highest BCUT2D eigenvalue weighted by Crippen LogP contribution is 2.65. The summed E-state index contributed by atoms with van der Waals surface area (Å²) in [5, 5.41) is 0. The van der Waals surface area contributed by atoms with E-state index >= 15 is 0 Å². The second-order valence-corrected chi connectivity index (χ2v) is 17.4. The molecule has 0 N–H and O–H groups in total. The van der Waals surface area contributed by atoms with Gasteiger partial charge in [0.1, 0.15) is 0 Å². The van der Waals surface area contributed by atoms with Crippen molar-refractivity contribution in [3.63, 3.8) is 0 Å². The molecule has 2 aliphatic heterocycles. The molecule has 2 bridgehead atoms. The van der Waals surface area contributed by atoms with Gasteiger partial charge in [-0.1, -0.05) is 98.7 Å². The summed E-state index contributed by atoms with van der Waals surface area (Å²) in [7, 11) is 0. The summed E-state index contributed by atoms with van der Waals surface area (Å²) >= 11 is 0. The van der Waals surface area contributed by atoms with Crippen molar-refractivity contribution in [2.24, 2.45) is 16.7 Å². The number of hydrogen-bond donors (Lipinski definition) is 0. The molecule has 4 aromatic rings. The maximum atomic E-state index is 2.87. The zero-order valence-electron chi connectivity index (χ0n) is 30.4. The van der Waals surface area contributed by atoms with Crippen LogP contribution in [0.3, 0.4) is 0 Å². The van der Waals surface area contributed by atoms with Gasteiger partial charge in [0.2, 0.25) is 0 Å². The summed E-state index contributed by atoms with van der Waals surface area (Å²) in [6, 6.07) is 29.7. The van der Waals surface area contributed by atoms with Crippen LogP contribution < -0.4 is 26.2 Å². The number of rotatable bonds is 5. The number of nitrogens with zero attached hydrogens (tertiary/aromatic N) is 2. The van der Waals surface area contributed by atoms with Crippen molar-refractivity contribution in [3.8, 4) is 0 Å². The minimum atomic E-state index is 0.194. The third-order valence-corrected chi connectivity index (χ3v) is 12.9. The molecule has 2 saturated carbocycles. The molecule has 4 aromatic carbocycles. The van der Waals surface area contributed by atoms with Gasteiger partial charge in [0.15, 0.2) is 0 Å². The SMILES string of the molecule is Cc1cc2c3c(c1)N(C1C4(C)CCC(C4)C1(C)C)c1ccc(C(C)C)cc1B3c1cc(C(C)C)ccc1N2c1ccc(C(C)C)cc1. The fourth-order valence-electron chi connectivity index (χ4n) is 10.4. The fraction of sp³-hybridized carbons (Fsp3) is 0.455. The largest absolute Gasteiger partial charge is 0.338 e. The number of hydrogen-bond acceptors (Lipinski definition) is 2. The molecule has 0 saturated heterocycles. The maximum Gasteiger partial charge on any atom is 0.252 e. The molecule has 2 nitrogen and oxygen atoms in total. The normalized spacial score (nSPS) is 23.6. The maximum absolute atomic E-state index is 2.87. The molecular formula is C44H53BN2. The van der Waals surface area contributed by atoms with Gasteiger partial charge in [-0.15, -0.1) is 0 Å². The molecule has 3 heteroatoms. The first kappa shape index (κ1) is 30.9. The molecule has 0 radical (unpaired) electrons. The topological polar surface area (TPSA) is 6.48 Å². The lowest BCUT2D eigenvalue weighted by molar-refractivity contribution is 0.140. The first-order chi connectivity index (χ1) is 22.3. The van der Waals surface area contributed by atoms with Gasteiger partial charge in [-0.2, -0.15) is 0 Å². The summed E-state index contributed by atoms with van der Waals surface area (Å²) < 4.78 is 0. The molecule has 0 amide bonds. The highest BCUT2D eigenvalue weighted by molar-refractivity contribution is 7.00. The van der Waals surface area contributed by atoms with Crippen molar-refractivity contribution < 1.29 is 0 Å². The van der Waals surface area contributed by atoms with E-state index in [1.54, 1.807) is 0 Å². The molecule has 242 valence electrons. The van der Waals surface area contributed by atoms with Gasteiger partial charge in [-0.3, -0.25) is 0 Å². The third-order valence-electron chi connectivity index (χ3n) is 12.9. The molecule has 8 rings (SSSR count). The Morgan fingerprint density at radius 1 is 0.660 bits per heavy atom. The lowest BCUT2D eigenvalue weighted by Gasteiger charge is -2.54. The molecule has 0 aromatic heterocycles. The van der Waals surface area contributed by atoms with Crippen molar-refractivity contribution in [1.29, 1.82) is 0 Å². The van der Waals surface area contributed by atoms with E-state index in [-0.39, 0.29) is 12.1 Å². The molecule has 3 unspecified atom stereocenters. The van der Waals surface area contributed by atoms with Gasteiger partial charge in [-0.05, 0) is 136 Å². The van der Waals surface area contributed by atoms with Crippen molar-refractivity contribution >= 4 is 51.5 Å². The van der Waals surface area contributed by atoms with Crippen molar-refractivity contribution in [3.05, 3.63) is 95.1 Å². The lowest BCUT2D eigenvalue weighted by atomic mass is 9.33. The van der Waals surface area contributed by atoms with Crippen molar-refractivity contribution in [1.82, 2.24) is 0 Å². The molecule has 0 spiro atoms. The van der Waals surface area contributed by atoms with E-state index in [1.807, 2.05) is 0 Å². The van der Waals surface area contributed by atoms with Crippen molar-refractivity contribution in [2.45, 2.75) is 112 Å². The molecule has 2 heterocycles. The zero-order chi connectivity index (χ0) is 33.2. The Morgan fingerprint density at radius 3 is 1.79 bits per heavy atom. The number of benzene rings is 4. The average Bonchev–Trinajstić information content (AvgIpc) is 3.52. The summed E-state index contributed by atoms with van der Waals surface area (Å²) in [5.74, 6) is 2.23. The van der Waals surface area contributed by atoms with E-state index < -0.39 is 0 Å². The summed E-state index contributed by atoms with van der Waals surface area (Å²) in [5.41, 5.74) is 17.3. The predicted molar refractivity (Wildman–Crippen MR) is 204 cm³/mol. The van der Waals surface area contributed by atoms with Crippen LogP contribution in [0.25, 0.3) is 0 Å². The summed E-state index contributed by atoms with van der Waals surface area (Å²) in [6.07, 6.45) is 4.04. The fourth-order valence-corrected chi connectivity index (χ4v) is 10.4. The van der Waals surface area contributed by atoms with Crippen LogP contribution in [0.1, 0.15) is 122 Å². The number of anilines is 5. The van der Waals surface area contributed by atoms with E-state index in [2.05, 4.69) is 152 Å². The standard InChI is InChI=1S/C44H53BN2/c1-26(2)30-11-15-34(16-12-30)46-37-17-13-31(27(3)4)23-35(37)45-36-24-32(28(5)6)14-18-38(36)47(40-22-29(7)21-39(46)41(40)45)42-43(8,9)33-19-20-44(42,10)25-33/h11-18,21-24,26-28,33,42H,19-20,25H2,1-10H3. The third kappa shape index (κ3) is 4.44. The van der Waals surface area contributed by atoms with Crippen LogP contribution in [0.2, 0.25) is 0 Å². The van der Waals surface area contributed by atoms with E-state index in [1.165, 1.54) is 86.3 Å². The minimum Gasteiger partial charge on any atom is -0.338 e. The highest BCUT2D eigenvalue weighted by atomic mass is 15.2. The van der Waals surface area contributed by atoms with Gasteiger partial charge in [-0.25, -0.2) is 0 Å². The first-order valence-corrected chi connectivity index (χ1v) is 18.4. The Morgan fingerprint density at radius 2 is 1.21 bits per heavy atom. The lowest BCUT2D eigenvalue weighted by Crippen LogP contribution is -2.65. The van der Waals surface area contributed by atoms with Crippen LogP contribution in [0.5, 0.6) is 0 Å². The van der Waals surface area contributed by atoms with Gasteiger partial charge in [0.25, 0.3) is 6.71 Å². The Hall–Kier alpha value is -3.46. The average molecular weight is 621 g/mol. The Balaban J connectivity index is 1.46. The Labute approximate surface area is 284 Å². The molecular weight excluding hydrogens is 567 g/mol. The van der Waals surface area contributed by atoms with Crippen LogP contribution in [0.15, 0.2) is 72.8 Å². The van der Waals surface area contributed by atoms with Gasteiger partial charge in [0.05, 0.1) is 0 Å². The van der Waals surface area contributed by atoms with Crippen LogP contribution >= 0.6 is 0 Å². The van der Waals surface area contributed by atoms with E-state index in [4.69, 9.17) is 0 Å². The zero-order valence-corrected chi connectivity index (χ0v) is 30.4. The molecule has 3 atom stereocenters. The Bertz CT molecular complexity index is 1880. The quantitative estimate of drug-likeness (QED) is 0.180. The van der Waals surface area contributed by atoms with Gasteiger partial charge in [0, 0.05) is 34.5 Å². The predicted octanol–water partition coefficient (Wildman–Crippen LogP) is 10.3. The van der Waals surface area contributed by atoms with Gasteiger partial charge < -0.3 is 9.80 Å². The molecule has 2 aliphatic carbocycles. The molecule has 47 heavy (non-hydrogen) atoms. The second-order valence-electron chi connectivity index (χ2n) is 17.4. The highest BCUT2D eigenvalue weighted by Gasteiger charge is 2.62.